The fourth-order valence-corrected chi connectivity index (χ4v) is 3.27. The highest BCUT2D eigenvalue weighted by molar-refractivity contribution is 9.10. The minimum Gasteiger partial charge on any atom is -0.372 e. The van der Waals surface area contributed by atoms with Crippen molar-refractivity contribution in [3.63, 3.8) is 0 Å². The van der Waals surface area contributed by atoms with Crippen molar-refractivity contribution in [2.45, 2.75) is 52.1 Å². The number of alkyl halides is 3. The van der Waals surface area contributed by atoms with Crippen molar-refractivity contribution in [3.8, 4) is 0 Å². The molecule has 1 aromatic heterocycles. The fourth-order valence-electron chi connectivity index (χ4n) is 2.78. The minimum atomic E-state index is -4.57. The quantitative estimate of drug-likeness (QED) is 0.769. The zero-order chi connectivity index (χ0) is 17.5. The number of morpholine rings is 1. The molecule has 0 spiro atoms. The van der Waals surface area contributed by atoms with E-state index in [0.717, 1.165) is 4.68 Å². The first kappa shape index (κ1) is 18.3. The van der Waals surface area contributed by atoms with Crippen molar-refractivity contribution in [3.05, 3.63) is 15.9 Å². The van der Waals surface area contributed by atoms with Gasteiger partial charge in [0.05, 0.1) is 22.4 Å². The van der Waals surface area contributed by atoms with Gasteiger partial charge in [0.15, 0.2) is 5.69 Å². The first-order valence-corrected chi connectivity index (χ1v) is 8.07. The van der Waals surface area contributed by atoms with Gasteiger partial charge < -0.3 is 9.64 Å². The molecule has 1 amide bonds. The van der Waals surface area contributed by atoms with Gasteiger partial charge in [-0.3, -0.25) is 9.48 Å². The molecule has 130 valence electrons. The lowest BCUT2D eigenvalue weighted by Crippen LogP contribution is -2.50. The third kappa shape index (κ3) is 3.71. The van der Waals surface area contributed by atoms with Crippen molar-refractivity contribution in [2.75, 3.05) is 13.1 Å². The molecule has 0 saturated carbocycles. The van der Waals surface area contributed by atoms with Crippen LogP contribution in [0.1, 0.15) is 38.2 Å². The Kier molecular flexibility index (Phi) is 5.10. The maximum absolute atomic E-state index is 12.9. The van der Waals surface area contributed by atoms with Gasteiger partial charge in [0.25, 0.3) is 0 Å². The molecule has 0 N–H and O–H groups in total. The topological polar surface area (TPSA) is 47.4 Å². The molecule has 0 aliphatic carbocycles. The summed E-state index contributed by atoms with van der Waals surface area (Å²) in [4.78, 5) is 14.2. The van der Waals surface area contributed by atoms with Gasteiger partial charge in [-0.05, 0) is 43.6 Å². The highest BCUT2D eigenvalue weighted by atomic mass is 79.9. The average Bonchev–Trinajstić information content (AvgIpc) is 2.72. The molecular formula is C14H19BrF3N3O2. The SMILES string of the molecule is Cc1c(Br)c(C(F)(F)F)nn1[C@H](C)C(=O)N1C[C@H](C)O[C@@H](C)C1. The Labute approximate surface area is 140 Å². The van der Waals surface area contributed by atoms with Crippen molar-refractivity contribution in [2.24, 2.45) is 0 Å². The fraction of sp³-hybridized carbons (Fsp3) is 0.714. The molecule has 0 radical (unpaired) electrons. The van der Waals surface area contributed by atoms with E-state index in [2.05, 4.69) is 21.0 Å². The lowest BCUT2D eigenvalue weighted by molar-refractivity contribution is -0.147. The minimum absolute atomic E-state index is 0.105. The van der Waals surface area contributed by atoms with Crippen molar-refractivity contribution in [1.29, 1.82) is 0 Å². The van der Waals surface area contributed by atoms with Gasteiger partial charge in [0.1, 0.15) is 6.04 Å². The second-order valence-corrected chi connectivity index (χ2v) is 6.66. The molecule has 9 heteroatoms. The Morgan fingerprint density at radius 3 is 2.30 bits per heavy atom. The summed E-state index contributed by atoms with van der Waals surface area (Å²) in [7, 11) is 0. The highest BCUT2D eigenvalue weighted by Crippen LogP contribution is 2.36. The highest BCUT2D eigenvalue weighted by Gasteiger charge is 2.39. The summed E-state index contributed by atoms with van der Waals surface area (Å²) in [6.07, 6.45) is -4.78. The molecule has 1 fully saturated rings. The van der Waals surface area contributed by atoms with Gasteiger partial charge in [0.2, 0.25) is 5.91 Å². The van der Waals surface area contributed by atoms with Crippen LogP contribution in [0.3, 0.4) is 0 Å². The Morgan fingerprint density at radius 1 is 1.35 bits per heavy atom. The summed E-state index contributed by atoms with van der Waals surface area (Å²) < 4.78 is 45.4. The van der Waals surface area contributed by atoms with E-state index in [-0.39, 0.29) is 28.3 Å². The summed E-state index contributed by atoms with van der Waals surface area (Å²) in [5.74, 6) is -0.265. The first-order valence-electron chi connectivity index (χ1n) is 7.28. The zero-order valence-corrected chi connectivity index (χ0v) is 14.9. The number of hydrogen-bond acceptors (Lipinski definition) is 3. The number of carbonyl (C=O) groups excluding carboxylic acids is 1. The van der Waals surface area contributed by atoms with Crippen LogP contribution in [0.15, 0.2) is 4.47 Å². The monoisotopic (exact) mass is 397 g/mol. The normalized spacial score (nSPS) is 23.9. The number of aromatic nitrogens is 2. The average molecular weight is 398 g/mol. The van der Waals surface area contributed by atoms with Gasteiger partial charge in [-0.1, -0.05) is 0 Å². The van der Waals surface area contributed by atoms with E-state index in [0.29, 0.717) is 13.1 Å². The molecular weight excluding hydrogens is 379 g/mol. The molecule has 23 heavy (non-hydrogen) atoms. The molecule has 1 aromatic rings. The molecule has 1 saturated heterocycles. The second-order valence-electron chi connectivity index (χ2n) is 5.87. The number of nitrogens with zero attached hydrogens (tertiary/aromatic N) is 3. The van der Waals surface area contributed by atoms with Crippen LogP contribution >= 0.6 is 15.9 Å². The van der Waals surface area contributed by atoms with Crippen LogP contribution in [-0.4, -0.2) is 45.9 Å². The number of halogens is 4. The first-order chi connectivity index (χ1) is 10.5. The Morgan fingerprint density at radius 2 is 1.87 bits per heavy atom. The Balaban J connectivity index is 2.26. The number of amides is 1. The molecule has 3 atom stereocenters. The van der Waals surface area contributed by atoms with Crippen LogP contribution < -0.4 is 0 Å². The van der Waals surface area contributed by atoms with E-state index in [1.54, 1.807) is 11.8 Å². The molecule has 0 aromatic carbocycles. The van der Waals surface area contributed by atoms with Crippen molar-refractivity contribution >= 4 is 21.8 Å². The molecule has 0 unspecified atom stereocenters. The van der Waals surface area contributed by atoms with Crippen LogP contribution in [0.25, 0.3) is 0 Å². The van der Waals surface area contributed by atoms with Gasteiger partial charge in [-0.2, -0.15) is 18.3 Å². The predicted octanol–water partition coefficient (Wildman–Crippen LogP) is 3.17. The van der Waals surface area contributed by atoms with Gasteiger partial charge in [-0.15, -0.1) is 0 Å². The molecule has 1 aliphatic heterocycles. The summed E-state index contributed by atoms with van der Waals surface area (Å²) >= 11 is 2.92. The lowest BCUT2D eigenvalue weighted by Gasteiger charge is -2.36. The Bertz CT molecular complexity index is 593. The van der Waals surface area contributed by atoms with E-state index in [9.17, 15) is 18.0 Å². The third-order valence-electron chi connectivity index (χ3n) is 3.80. The molecule has 0 bridgehead atoms. The van der Waals surface area contributed by atoms with Crippen LogP contribution in [0, 0.1) is 6.92 Å². The smallest absolute Gasteiger partial charge is 0.372 e. The third-order valence-corrected chi connectivity index (χ3v) is 4.75. The number of hydrogen-bond donors (Lipinski definition) is 0. The molecule has 5 nitrogen and oxygen atoms in total. The number of ether oxygens (including phenoxy) is 1. The molecule has 2 heterocycles. The summed E-state index contributed by atoms with van der Waals surface area (Å²) in [5, 5.41) is 3.60. The summed E-state index contributed by atoms with van der Waals surface area (Å²) in [6.45, 7) is 7.61. The number of carbonyl (C=O) groups is 1. The largest absolute Gasteiger partial charge is 0.436 e. The summed E-state index contributed by atoms with van der Waals surface area (Å²) in [5.41, 5.74) is -0.745. The van der Waals surface area contributed by atoms with Crippen LogP contribution in [0.2, 0.25) is 0 Å². The van der Waals surface area contributed by atoms with E-state index >= 15 is 0 Å². The number of rotatable bonds is 2. The van der Waals surface area contributed by atoms with Crippen LogP contribution in [-0.2, 0) is 15.7 Å². The second kappa shape index (κ2) is 6.43. The maximum Gasteiger partial charge on any atom is 0.436 e. The van der Waals surface area contributed by atoms with E-state index in [1.165, 1.54) is 6.92 Å². The van der Waals surface area contributed by atoms with Gasteiger partial charge in [-0.25, -0.2) is 0 Å². The van der Waals surface area contributed by atoms with E-state index < -0.39 is 17.9 Å². The lowest BCUT2D eigenvalue weighted by atomic mass is 10.2. The predicted molar refractivity (Wildman–Crippen MR) is 81.0 cm³/mol. The van der Waals surface area contributed by atoms with Gasteiger partial charge in [0, 0.05) is 13.1 Å². The van der Waals surface area contributed by atoms with E-state index in [1.807, 2.05) is 13.8 Å². The summed E-state index contributed by atoms with van der Waals surface area (Å²) in [6, 6.07) is -0.820. The van der Waals surface area contributed by atoms with Crippen LogP contribution in [0.4, 0.5) is 13.2 Å². The van der Waals surface area contributed by atoms with Crippen LogP contribution in [0.5, 0.6) is 0 Å². The van der Waals surface area contributed by atoms with Crippen molar-refractivity contribution < 1.29 is 22.7 Å². The molecule has 2 rings (SSSR count). The van der Waals surface area contributed by atoms with E-state index in [4.69, 9.17) is 4.74 Å². The van der Waals surface area contributed by atoms with Crippen molar-refractivity contribution in [1.82, 2.24) is 14.7 Å². The van der Waals surface area contributed by atoms with Gasteiger partial charge >= 0.3 is 6.18 Å². The molecule has 1 aliphatic rings. The Hall–Kier alpha value is -1.09. The zero-order valence-electron chi connectivity index (χ0n) is 13.3. The maximum atomic E-state index is 12.9. The standard InChI is InChI=1S/C14H19BrF3N3O2/c1-7-5-20(6-8(2)23-7)13(22)10(4)21-9(3)11(15)12(19-21)14(16,17)18/h7-8,10H,5-6H2,1-4H3/t7-,8-,10+/m0/s1.